The molecule has 1 aliphatic heterocycles. The van der Waals surface area contributed by atoms with E-state index >= 15 is 0 Å². The number of rotatable bonds is 4. The number of carbonyl (C=O) groups is 1. The average molecular weight is 317 g/mol. The summed E-state index contributed by atoms with van der Waals surface area (Å²) in [5.74, 6) is 0.663. The molecule has 4 nitrogen and oxygen atoms in total. The van der Waals surface area contributed by atoms with Crippen LogP contribution >= 0.6 is 0 Å². The predicted molar refractivity (Wildman–Crippen MR) is 96.2 cm³/mol. The predicted octanol–water partition coefficient (Wildman–Crippen LogP) is 3.23. The van der Waals surface area contributed by atoms with Crippen LogP contribution in [-0.2, 0) is 11.3 Å². The Morgan fingerprint density at radius 3 is 2.57 bits per heavy atom. The Kier molecular flexibility index (Phi) is 5.82. The van der Waals surface area contributed by atoms with Gasteiger partial charge in [-0.05, 0) is 48.4 Å². The Bertz CT molecular complexity index is 518. The maximum absolute atomic E-state index is 12.2. The molecule has 1 fully saturated rings. The Hall–Kier alpha value is -1.39. The first-order valence-electron chi connectivity index (χ1n) is 8.63. The van der Waals surface area contributed by atoms with E-state index in [1.807, 2.05) is 32.9 Å². The number of nitrogens with zero attached hydrogens (tertiary/aromatic N) is 1. The molecule has 128 valence electrons. The van der Waals surface area contributed by atoms with Gasteiger partial charge >= 0.3 is 0 Å². The largest absolute Gasteiger partial charge is 0.325 e. The van der Waals surface area contributed by atoms with E-state index in [0.29, 0.717) is 0 Å². The van der Waals surface area contributed by atoms with Crippen molar-refractivity contribution in [2.24, 2.45) is 17.1 Å². The summed E-state index contributed by atoms with van der Waals surface area (Å²) in [5, 5.41) is 2.91. The van der Waals surface area contributed by atoms with E-state index < -0.39 is 6.04 Å². The highest BCUT2D eigenvalue weighted by atomic mass is 16.2. The number of anilines is 1. The van der Waals surface area contributed by atoms with Gasteiger partial charge in [0, 0.05) is 18.8 Å². The van der Waals surface area contributed by atoms with Gasteiger partial charge in [0.2, 0.25) is 5.91 Å². The standard InChI is InChI=1S/C19H31N3O/c1-14-6-5-11-22(12-14)13-15-7-9-16(10-8-15)21-18(23)17(20)19(2,3)4/h7-10,14,17H,5-6,11-13,20H2,1-4H3,(H,21,23)/t14?,17-/m1/s1. The van der Waals surface area contributed by atoms with Crippen molar-refractivity contribution in [1.29, 1.82) is 0 Å². The first-order chi connectivity index (χ1) is 10.8. The van der Waals surface area contributed by atoms with Crippen LogP contribution in [-0.4, -0.2) is 29.9 Å². The van der Waals surface area contributed by atoms with Crippen LogP contribution in [0.25, 0.3) is 0 Å². The summed E-state index contributed by atoms with van der Waals surface area (Å²) >= 11 is 0. The van der Waals surface area contributed by atoms with Crippen molar-refractivity contribution in [2.75, 3.05) is 18.4 Å². The second kappa shape index (κ2) is 7.45. The topological polar surface area (TPSA) is 58.4 Å². The van der Waals surface area contributed by atoms with Crippen LogP contribution in [0.5, 0.6) is 0 Å². The van der Waals surface area contributed by atoms with Gasteiger partial charge in [-0.3, -0.25) is 9.69 Å². The van der Waals surface area contributed by atoms with Crippen LogP contribution in [0.15, 0.2) is 24.3 Å². The fourth-order valence-corrected chi connectivity index (χ4v) is 3.00. The van der Waals surface area contributed by atoms with Crippen molar-refractivity contribution in [3.05, 3.63) is 29.8 Å². The summed E-state index contributed by atoms with van der Waals surface area (Å²) in [7, 11) is 0. The molecule has 1 unspecified atom stereocenters. The molecule has 1 aliphatic rings. The van der Waals surface area contributed by atoms with Gasteiger partial charge in [-0.15, -0.1) is 0 Å². The van der Waals surface area contributed by atoms with E-state index in [-0.39, 0.29) is 11.3 Å². The van der Waals surface area contributed by atoms with Gasteiger partial charge in [0.15, 0.2) is 0 Å². The summed E-state index contributed by atoms with van der Waals surface area (Å²) < 4.78 is 0. The number of hydrogen-bond donors (Lipinski definition) is 2. The molecule has 1 aromatic rings. The van der Waals surface area contributed by atoms with Crippen molar-refractivity contribution in [1.82, 2.24) is 4.90 Å². The fourth-order valence-electron chi connectivity index (χ4n) is 3.00. The second-order valence-electron chi connectivity index (χ2n) is 8.01. The van der Waals surface area contributed by atoms with Gasteiger partial charge in [0.1, 0.15) is 0 Å². The molecule has 1 amide bonds. The molecule has 0 radical (unpaired) electrons. The molecular formula is C19H31N3O. The van der Waals surface area contributed by atoms with Crippen molar-refractivity contribution < 1.29 is 4.79 Å². The fraction of sp³-hybridized carbons (Fsp3) is 0.632. The summed E-state index contributed by atoms with van der Waals surface area (Å²) in [6.45, 7) is 11.6. The zero-order chi connectivity index (χ0) is 17.0. The average Bonchev–Trinajstić information content (AvgIpc) is 2.47. The quantitative estimate of drug-likeness (QED) is 0.896. The normalized spacial score (nSPS) is 21.0. The van der Waals surface area contributed by atoms with E-state index in [0.717, 1.165) is 18.2 Å². The third-order valence-electron chi connectivity index (χ3n) is 4.58. The number of nitrogens with two attached hydrogens (primary N) is 1. The highest BCUT2D eigenvalue weighted by molar-refractivity contribution is 5.95. The first-order valence-corrected chi connectivity index (χ1v) is 8.63. The van der Waals surface area contributed by atoms with Gasteiger partial charge in [0.05, 0.1) is 6.04 Å². The summed E-state index contributed by atoms with van der Waals surface area (Å²) in [6.07, 6.45) is 2.63. The molecule has 0 aromatic heterocycles. The van der Waals surface area contributed by atoms with E-state index in [4.69, 9.17) is 5.73 Å². The van der Waals surface area contributed by atoms with Gasteiger partial charge in [-0.25, -0.2) is 0 Å². The summed E-state index contributed by atoms with van der Waals surface area (Å²) in [5.41, 5.74) is 7.85. The number of carbonyl (C=O) groups excluding carboxylic acids is 1. The third-order valence-corrected chi connectivity index (χ3v) is 4.58. The maximum atomic E-state index is 12.2. The highest BCUT2D eigenvalue weighted by Gasteiger charge is 2.27. The highest BCUT2D eigenvalue weighted by Crippen LogP contribution is 2.21. The molecule has 2 rings (SSSR count). The number of hydrogen-bond acceptors (Lipinski definition) is 3. The molecule has 0 spiro atoms. The number of benzene rings is 1. The van der Waals surface area contributed by atoms with Crippen molar-refractivity contribution >= 4 is 11.6 Å². The number of nitrogens with one attached hydrogen (secondary N) is 1. The SMILES string of the molecule is CC1CCCN(Cc2ccc(NC(=O)[C@@H](N)C(C)(C)C)cc2)C1. The van der Waals surface area contributed by atoms with Crippen LogP contribution < -0.4 is 11.1 Å². The molecule has 0 aliphatic carbocycles. The Morgan fingerprint density at radius 1 is 1.35 bits per heavy atom. The van der Waals surface area contributed by atoms with Gasteiger partial charge in [0.25, 0.3) is 0 Å². The number of piperidine rings is 1. The van der Waals surface area contributed by atoms with Crippen LogP contribution in [0, 0.1) is 11.3 Å². The van der Waals surface area contributed by atoms with Crippen LogP contribution in [0.2, 0.25) is 0 Å². The lowest BCUT2D eigenvalue weighted by atomic mass is 9.87. The van der Waals surface area contributed by atoms with Gasteiger partial charge in [-0.2, -0.15) is 0 Å². The lowest BCUT2D eigenvalue weighted by Crippen LogP contribution is -2.45. The monoisotopic (exact) mass is 317 g/mol. The summed E-state index contributed by atoms with van der Waals surface area (Å²) in [6, 6.07) is 7.61. The van der Waals surface area contributed by atoms with E-state index in [2.05, 4.69) is 29.3 Å². The van der Waals surface area contributed by atoms with E-state index in [1.54, 1.807) is 0 Å². The van der Waals surface area contributed by atoms with Gasteiger partial charge in [-0.1, -0.05) is 39.8 Å². The second-order valence-corrected chi connectivity index (χ2v) is 8.01. The molecule has 23 heavy (non-hydrogen) atoms. The molecule has 3 N–H and O–H groups in total. The molecule has 1 heterocycles. The lowest BCUT2D eigenvalue weighted by molar-refractivity contribution is -0.119. The minimum atomic E-state index is -0.517. The van der Waals surface area contributed by atoms with Crippen molar-refractivity contribution in [3.8, 4) is 0 Å². The molecule has 1 saturated heterocycles. The third kappa shape index (κ3) is 5.33. The van der Waals surface area contributed by atoms with E-state index in [9.17, 15) is 4.79 Å². The smallest absolute Gasteiger partial charge is 0.241 e. The zero-order valence-corrected chi connectivity index (χ0v) is 14.9. The Labute approximate surface area is 140 Å². The van der Waals surface area contributed by atoms with Crippen molar-refractivity contribution in [3.63, 3.8) is 0 Å². The van der Waals surface area contributed by atoms with Gasteiger partial charge < -0.3 is 11.1 Å². The minimum Gasteiger partial charge on any atom is -0.325 e. The van der Waals surface area contributed by atoms with E-state index in [1.165, 1.54) is 31.5 Å². The van der Waals surface area contributed by atoms with Crippen LogP contribution in [0.1, 0.15) is 46.1 Å². The molecule has 4 heteroatoms. The number of amides is 1. The Balaban J connectivity index is 1.90. The van der Waals surface area contributed by atoms with Crippen LogP contribution in [0.4, 0.5) is 5.69 Å². The molecular weight excluding hydrogens is 286 g/mol. The minimum absolute atomic E-state index is 0.130. The maximum Gasteiger partial charge on any atom is 0.241 e. The van der Waals surface area contributed by atoms with Crippen LogP contribution in [0.3, 0.4) is 0 Å². The Morgan fingerprint density at radius 2 is 2.00 bits per heavy atom. The van der Waals surface area contributed by atoms with Crippen molar-refractivity contribution in [2.45, 2.75) is 53.1 Å². The zero-order valence-electron chi connectivity index (χ0n) is 14.9. The molecule has 2 atom stereocenters. The number of likely N-dealkylation sites (tertiary alicyclic amines) is 1. The molecule has 1 aromatic carbocycles. The molecule has 0 bridgehead atoms. The molecule has 0 saturated carbocycles. The first kappa shape index (κ1) is 18.0. The lowest BCUT2D eigenvalue weighted by Gasteiger charge is -2.30. The summed E-state index contributed by atoms with van der Waals surface area (Å²) in [4.78, 5) is 14.7.